The van der Waals surface area contributed by atoms with E-state index in [1.54, 1.807) is 6.07 Å². The summed E-state index contributed by atoms with van der Waals surface area (Å²) in [7, 11) is 0. The molecule has 0 saturated heterocycles. The van der Waals surface area contributed by atoms with Gasteiger partial charge in [-0.25, -0.2) is 9.78 Å². The number of benzene rings is 1. The van der Waals surface area contributed by atoms with Gasteiger partial charge in [0.25, 0.3) is 0 Å². The molecular weight excluding hydrogens is 278 g/mol. The topological polar surface area (TPSA) is 48.4 Å². The third-order valence-electron chi connectivity index (χ3n) is 3.39. The highest BCUT2D eigenvalue weighted by atomic mass is 16.5. The van der Waals surface area contributed by atoms with E-state index in [9.17, 15) is 4.79 Å². The fraction of sp³-hybridized carbons (Fsp3) is 0.444. The number of pyridine rings is 1. The summed E-state index contributed by atoms with van der Waals surface area (Å²) in [4.78, 5) is 16.8. The molecule has 2 aromatic rings. The van der Waals surface area contributed by atoms with Gasteiger partial charge in [0.1, 0.15) is 0 Å². The van der Waals surface area contributed by atoms with E-state index in [2.05, 4.69) is 18.8 Å². The minimum Gasteiger partial charge on any atom is -0.478 e. The van der Waals surface area contributed by atoms with Crippen LogP contribution in [0.4, 0.5) is 0 Å². The summed E-state index contributed by atoms with van der Waals surface area (Å²) in [6.45, 7) is 5.22. The van der Waals surface area contributed by atoms with Crippen molar-refractivity contribution in [1.82, 2.24) is 4.98 Å². The molecule has 0 saturated carbocycles. The second-order valence-corrected chi connectivity index (χ2v) is 5.22. The van der Waals surface area contributed by atoms with Gasteiger partial charge < -0.3 is 9.47 Å². The second kappa shape index (κ2) is 8.37. The molecule has 4 heteroatoms. The van der Waals surface area contributed by atoms with Crippen LogP contribution in [0.2, 0.25) is 0 Å². The van der Waals surface area contributed by atoms with E-state index in [0.29, 0.717) is 24.7 Å². The molecule has 1 aromatic carbocycles. The van der Waals surface area contributed by atoms with Crippen molar-refractivity contribution in [1.29, 1.82) is 0 Å². The number of rotatable bonds is 8. The number of para-hydroxylation sites is 1. The van der Waals surface area contributed by atoms with E-state index < -0.39 is 0 Å². The molecule has 0 bridgehead atoms. The monoisotopic (exact) mass is 301 g/mol. The Kier molecular flexibility index (Phi) is 6.19. The third-order valence-corrected chi connectivity index (χ3v) is 3.39. The maximum atomic E-state index is 12.3. The first kappa shape index (κ1) is 16.3. The lowest BCUT2D eigenvalue weighted by Gasteiger charge is -2.10. The fourth-order valence-corrected chi connectivity index (χ4v) is 2.10. The molecule has 0 atom stereocenters. The Balaban J connectivity index is 2.26. The predicted octanol–water partition coefficient (Wildman–Crippen LogP) is 4.37. The zero-order chi connectivity index (χ0) is 15.8. The van der Waals surface area contributed by atoms with Gasteiger partial charge in [0.05, 0.1) is 24.3 Å². The zero-order valence-electron chi connectivity index (χ0n) is 13.3. The van der Waals surface area contributed by atoms with E-state index >= 15 is 0 Å². The molecule has 0 spiro atoms. The van der Waals surface area contributed by atoms with Gasteiger partial charge in [0.15, 0.2) is 0 Å². The molecule has 0 amide bonds. The van der Waals surface area contributed by atoms with E-state index in [1.807, 2.05) is 24.3 Å². The zero-order valence-corrected chi connectivity index (χ0v) is 13.3. The predicted molar refractivity (Wildman–Crippen MR) is 87.3 cm³/mol. The number of unbranched alkanes of at least 4 members (excludes halogenated alkanes) is 2. The molecule has 0 unspecified atom stereocenters. The number of carbonyl (C=O) groups is 1. The number of carbonyl (C=O) groups excluding carboxylic acids is 1. The van der Waals surface area contributed by atoms with Crippen LogP contribution >= 0.6 is 0 Å². The summed E-state index contributed by atoms with van der Waals surface area (Å²) in [5.41, 5.74) is 1.27. The lowest BCUT2D eigenvalue weighted by atomic mass is 10.1. The van der Waals surface area contributed by atoms with Gasteiger partial charge in [0.2, 0.25) is 5.88 Å². The van der Waals surface area contributed by atoms with Gasteiger partial charge in [-0.1, -0.05) is 44.9 Å². The Labute approximate surface area is 131 Å². The van der Waals surface area contributed by atoms with Crippen molar-refractivity contribution >= 4 is 16.9 Å². The standard InChI is InChI=1S/C18H23NO3/c1-3-5-11-21-17-13-15(18(20)22-12-6-4-2)14-9-7-8-10-16(14)19-17/h7-10,13H,3-6,11-12H2,1-2H3. The number of esters is 1. The average Bonchev–Trinajstić information content (AvgIpc) is 2.54. The molecule has 2 rings (SSSR count). The van der Waals surface area contributed by atoms with Crippen LogP contribution in [0.25, 0.3) is 10.9 Å². The Morgan fingerprint density at radius 1 is 1.09 bits per heavy atom. The van der Waals surface area contributed by atoms with Crippen molar-refractivity contribution in [3.63, 3.8) is 0 Å². The lowest BCUT2D eigenvalue weighted by Crippen LogP contribution is -2.09. The Morgan fingerprint density at radius 3 is 2.59 bits per heavy atom. The van der Waals surface area contributed by atoms with Crippen LogP contribution in [0.1, 0.15) is 49.9 Å². The number of hydrogen-bond acceptors (Lipinski definition) is 4. The third kappa shape index (κ3) is 4.20. The van der Waals surface area contributed by atoms with E-state index in [0.717, 1.165) is 36.6 Å². The lowest BCUT2D eigenvalue weighted by molar-refractivity contribution is 0.0501. The molecule has 0 radical (unpaired) electrons. The molecule has 4 nitrogen and oxygen atoms in total. The quantitative estimate of drug-likeness (QED) is 0.536. The van der Waals surface area contributed by atoms with Crippen LogP contribution in [-0.4, -0.2) is 24.2 Å². The molecule has 1 heterocycles. The summed E-state index contributed by atoms with van der Waals surface area (Å²) in [5.74, 6) is 0.169. The number of nitrogens with zero attached hydrogens (tertiary/aromatic N) is 1. The molecule has 118 valence electrons. The van der Waals surface area contributed by atoms with E-state index in [1.165, 1.54) is 0 Å². The fourth-order valence-electron chi connectivity index (χ4n) is 2.10. The maximum absolute atomic E-state index is 12.3. The molecule has 1 aromatic heterocycles. The van der Waals surface area contributed by atoms with Gasteiger partial charge >= 0.3 is 5.97 Å². The molecule has 22 heavy (non-hydrogen) atoms. The van der Waals surface area contributed by atoms with Gasteiger partial charge in [-0.2, -0.15) is 0 Å². The van der Waals surface area contributed by atoms with E-state index in [4.69, 9.17) is 9.47 Å². The van der Waals surface area contributed by atoms with Gasteiger partial charge in [-0.3, -0.25) is 0 Å². The van der Waals surface area contributed by atoms with Crippen LogP contribution in [-0.2, 0) is 4.74 Å². The molecule has 0 aliphatic rings. The van der Waals surface area contributed by atoms with Crippen molar-refractivity contribution in [2.75, 3.05) is 13.2 Å². The van der Waals surface area contributed by atoms with Crippen LogP contribution in [0.5, 0.6) is 5.88 Å². The van der Waals surface area contributed by atoms with Gasteiger partial charge in [-0.15, -0.1) is 0 Å². The molecule has 0 N–H and O–H groups in total. The van der Waals surface area contributed by atoms with Gasteiger partial charge in [0, 0.05) is 11.5 Å². The average molecular weight is 301 g/mol. The highest BCUT2D eigenvalue weighted by Crippen LogP contribution is 2.23. The van der Waals surface area contributed by atoms with Crippen molar-refractivity contribution in [3.8, 4) is 5.88 Å². The highest BCUT2D eigenvalue weighted by Gasteiger charge is 2.14. The summed E-state index contributed by atoms with van der Waals surface area (Å²) in [6.07, 6.45) is 3.88. The van der Waals surface area contributed by atoms with Crippen molar-refractivity contribution < 1.29 is 14.3 Å². The van der Waals surface area contributed by atoms with Crippen molar-refractivity contribution in [2.24, 2.45) is 0 Å². The number of aromatic nitrogens is 1. The minimum atomic E-state index is -0.313. The number of ether oxygens (including phenoxy) is 2. The molecule has 0 aliphatic heterocycles. The molecule has 0 aliphatic carbocycles. The molecular formula is C18H23NO3. The first-order valence-corrected chi connectivity index (χ1v) is 7.96. The van der Waals surface area contributed by atoms with Crippen LogP contribution < -0.4 is 4.74 Å². The highest BCUT2D eigenvalue weighted by molar-refractivity contribution is 6.03. The minimum absolute atomic E-state index is 0.313. The summed E-state index contributed by atoms with van der Waals surface area (Å²) in [5, 5.41) is 0.798. The SMILES string of the molecule is CCCCOC(=O)c1cc(OCCCC)nc2ccccc12. The number of hydrogen-bond donors (Lipinski definition) is 0. The Bertz CT molecular complexity index is 625. The van der Waals surface area contributed by atoms with Crippen molar-refractivity contribution in [3.05, 3.63) is 35.9 Å². The Hall–Kier alpha value is -2.10. The van der Waals surface area contributed by atoms with Crippen LogP contribution in [0.3, 0.4) is 0 Å². The Morgan fingerprint density at radius 2 is 1.82 bits per heavy atom. The largest absolute Gasteiger partial charge is 0.478 e. The van der Waals surface area contributed by atoms with Gasteiger partial charge in [-0.05, 0) is 18.9 Å². The summed E-state index contributed by atoms with van der Waals surface area (Å²) < 4.78 is 11.0. The molecule has 0 fully saturated rings. The normalized spacial score (nSPS) is 10.6. The van der Waals surface area contributed by atoms with Crippen molar-refractivity contribution in [2.45, 2.75) is 39.5 Å². The number of fused-ring (bicyclic) bond motifs is 1. The van der Waals surface area contributed by atoms with E-state index in [-0.39, 0.29) is 5.97 Å². The first-order chi connectivity index (χ1) is 10.8. The van der Waals surface area contributed by atoms with Crippen LogP contribution in [0.15, 0.2) is 30.3 Å². The smallest absolute Gasteiger partial charge is 0.339 e. The van der Waals surface area contributed by atoms with Crippen LogP contribution in [0, 0.1) is 0 Å². The maximum Gasteiger partial charge on any atom is 0.339 e. The summed E-state index contributed by atoms with van der Waals surface area (Å²) >= 11 is 0. The second-order valence-electron chi connectivity index (χ2n) is 5.22. The first-order valence-electron chi connectivity index (χ1n) is 7.96. The summed E-state index contributed by atoms with van der Waals surface area (Å²) in [6, 6.07) is 9.24.